The first-order chi connectivity index (χ1) is 12.2. The molecule has 4 nitrogen and oxygen atoms in total. The molecule has 0 unspecified atom stereocenters. The third-order valence-corrected chi connectivity index (χ3v) is 6.44. The molecule has 3 heterocycles. The number of fused-ring (bicyclic) bond motifs is 1. The highest BCUT2D eigenvalue weighted by Gasteiger charge is 2.45. The summed E-state index contributed by atoms with van der Waals surface area (Å²) in [7, 11) is 0. The molecule has 1 N–H and O–H groups in total. The third-order valence-electron chi connectivity index (χ3n) is 6.44. The molecule has 2 atom stereocenters. The molecule has 0 aromatic heterocycles. The van der Waals surface area contributed by atoms with Gasteiger partial charge < -0.3 is 15.0 Å². The van der Waals surface area contributed by atoms with Crippen molar-refractivity contribution >= 4 is 18.3 Å². The number of ether oxygens (including phenoxy) is 1. The summed E-state index contributed by atoms with van der Waals surface area (Å²) in [5, 5.41) is 3.48. The first-order valence-electron chi connectivity index (χ1n) is 9.53. The van der Waals surface area contributed by atoms with Crippen LogP contribution in [0.25, 0.3) is 0 Å². The molecule has 1 amide bonds. The van der Waals surface area contributed by atoms with E-state index in [1.54, 1.807) is 12.1 Å². The van der Waals surface area contributed by atoms with Gasteiger partial charge in [0.2, 0.25) is 5.91 Å². The summed E-state index contributed by atoms with van der Waals surface area (Å²) in [4.78, 5) is 15.6. The SMILES string of the molecule is Cl.O=C(N1CC[C@@H]2CNC[C@@H]2CC1)C1(c2cccc(F)c2)CCOCC1. The zero-order chi connectivity index (χ0) is 17.3. The smallest absolute Gasteiger partial charge is 0.233 e. The van der Waals surface area contributed by atoms with Gasteiger partial charge in [0.25, 0.3) is 0 Å². The number of carbonyl (C=O) groups is 1. The topological polar surface area (TPSA) is 41.6 Å². The Bertz CT molecular complexity index is 622. The molecule has 26 heavy (non-hydrogen) atoms. The first kappa shape index (κ1) is 19.6. The number of hydrogen-bond donors (Lipinski definition) is 1. The summed E-state index contributed by atoms with van der Waals surface area (Å²) in [6.45, 7) is 4.92. The molecule has 3 fully saturated rings. The zero-order valence-electron chi connectivity index (χ0n) is 15.1. The Balaban J connectivity index is 0.00000196. The van der Waals surface area contributed by atoms with E-state index in [1.165, 1.54) is 6.07 Å². The van der Waals surface area contributed by atoms with Crippen molar-refractivity contribution < 1.29 is 13.9 Å². The number of hydrogen-bond acceptors (Lipinski definition) is 3. The van der Waals surface area contributed by atoms with Crippen LogP contribution in [0.1, 0.15) is 31.2 Å². The van der Waals surface area contributed by atoms with Crippen molar-refractivity contribution in [3.8, 4) is 0 Å². The lowest BCUT2D eigenvalue weighted by atomic mass is 9.73. The normalized spacial score (nSPS) is 28.0. The Morgan fingerprint density at radius 1 is 1.15 bits per heavy atom. The number of halogens is 2. The lowest BCUT2D eigenvalue weighted by Crippen LogP contribution is -2.50. The quantitative estimate of drug-likeness (QED) is 0.855. The van der Waals surface area contributed by atoms with Gasteiger partial charge in [-0.15, -0.1) is 12.4 Å². The van der Waals surface area contributed by atoms with Crippen LogP contribution in [0.3, 0.4) is 0 Å². The van der Waals surface area contributed by atoms with Crippen LogP contribution in [0.15, 0.2) is 24.3 Å². The second-order valence-electron chi connectivity index (χ2n) is 7.75. The van der Waals surface area contributed by atoms with E-state index in [0.29, 0.717) is 37.9 Å². The maximum Gasteiger partial charge on any atom is 0.233 e. The molecule has 144 valence electrons. The fraction of sp³-hybridized carbons (Fsp3) is 0.650. The average molecular weight is 383 g/mol. The van der Waals surface area contributed by atoms with E-state index in [-0.39, 0.29) is 24.1 Å². The Morgan fingerprint density at radius 3 is 2.42 bits per heavy atom. The van der Waals surface area contributed by atoms with Gasteiger partial charge in [0, 0.05) is 26.3 Å². The molecular weight excluding hydrogens is 355 g/mol. The van der Waals surface area contributed by atoms with E-state index in [9.17, 15) is 9.18 Å². The minimum Gasteiger partial charge on any atom is -0.381 e. The summed E-state index contributed by atoms with van der Waals surface area (Å²) in [6, 6.07) is 6.61. The predicted molar refractivity (Wildman–Crippen MR) is 101 cm³/mol. The van der Waals surface area contributed by atoms with E-state index in [1.807, 2.05) is 6.07 Å². The molecule has 3 aliphatic rings. The lowest BCUT2D eigenvalue weighted by Gasteiger charge is -2.40. The summed E-state index contributed by atoms with van der Waals surface area (Å²) in [5.74, 6) is 1.29. The molecule has 6 heteroatoms. The number of amides is 1. The van der Waals surface area contributed by atoms with Crippen LogP contribution in [0.5, 0.6) is 0 Å². The van der Waals surface area contributed by atoms with Crippen LogP contribution >= 0.6 is 12.4 Å². The molecule has 0 saturated carbocycles. The Hall–Kier alpha value is -1.17. The molecule has 4 rings (SSSR count). The highest BCUT2D eigenvalue weighted by molar-refractivity contribution is 5.88. The summed E-state index contributed by atoms with van der Waals surface area (Å²) < 4.78 is 19.4. The molecule has 0 aliphatic carbocycles. The van der Waals surface area contributed by atoms with Gasteiger partial charge in [-0.1, -0.05) is 12.1 Å². The maximum absolute atomic E-state index is 13.9. The second kappa shape index (κ2) is 8.24. The van der Waals surface area contributed by atoms with Crippen LogP contribution in [-0.4, -0.2) is 50.2 Å². The fourth-order valence-electron chi connectivity index (χ4n) is 4.86. The van der Waals surface area contributed by atoms with Gasteiger partial charge in [0.1, 0.15) is 5.82 Å². The van der Waals surface area contributed by atoms with Crippen LogP contribution < -0.4 is 5.32 Å². The summed E-state index contributed by atoms with van der Waals surface area (Å²) >= 11 is 0. The molecule has 0 bridgehead atoms. The molecule has 0 spiro atoms. The van der Waals surface area contributed by atoms with Crippen molar-refractivity contribution in [3.63, 3.8) is 0 Å². The highest BCUT2D eigenvalue weighted by atomic mass is 35.5. The van der Waals surface area contributed by atoms with E-state index in [0.717, 1.165) is 44.6 Å². The molecular formula is C20H28ClFN2O2. The van der Waals surface area contributed by atoms with Gasteiger partial charge in [0.15, 0.2) is 0 Å². The number of carbonyl (C=O) groups excluding carboxylic acids is 1. The van der Waals surface area contributed by atoms with Crippen LogP contribution in [0.2, 0.25) is 0 Å². The van der Waals surface area contributed by atoms with E-state index < -0.39 is 5.41 Å². The van der Waals surface area contributed by atoms with E-state index in [4.69, 9.17) is 4.74 Å². The highest BCUT2D eigenvalue weighted by Crippen LogP contribution is 2.38. The number of nitrogens with one attached hydrogen (secondary N) is 1. The average Bonchev–Trinajstić information content (AvgIpc) is 3.00. The van der Waals surface area contributed by atoms with Crippen molar-refractivity contribution in [2.75, 3.05) is 39.4 Å². The second-order valence-corrected chi connectivity index (χ2v) is 7.75. The van der Waals surface area contributed by atoms with Crippen LogP contribution in [-0.2, 0) is 14.9 Å². The van der Waals surface area contributed by atoms with Crippen LogP contribution in [0, 0.1) is 17.7 Å². The van der Waals surface area contributed by atoms with Gasteiger partial charge in [-0.05, 0) is 68.3 Å². The minimum absolute atomic E-state index is 0. The molecule has 1 aromatic carbocycles. The van der Waals surface area contributed by atoms with Crippen molar-refractivity contribution in [1.29, 1.82) is 0 Å². The van der Waals surface area contributed by atoms with Gasteiger partial charge in [0.05, 0.1) is 5.41 Å². The van der Waals surface area contributed by atoms with E-state index >= 15 is 0 Å². The third kappa shape index (κ3) is 3.62. The number of nitrogens with zero attached hydrogens (tertiary/aromatic N) is 1. The standard InChI is InChI=1S/C20H27FN2O2.ClH/c21-18-3-1-2-17(12-18)20(6-10-25-11-7-20)19(24)23-8-4-15-13-22-14-16(15)5-9-23;/h1-3,12,15-16,22H,4-11,13-14H2;1H/t15-,16+;. The minimum atomic E-state index is -0.627. The number of benzene rings is 1. The number of rotatable bonds is 2. The van der Waals surface area contributed by atoms with Crippen molar-refractivity contribution in [2.24, 2.45) is 11.8 Å². The largest absolute Gasteiger partial charge is 0.381 e. The van der Waals surface area contributed by atoms with Crippen molar-refractivity contribution in [2.45, 2.75) is 31.1 Å². The Kier molecular flexibility index (Phi) is 6.21. The monoisotopic (exact) mass is 382 g/mol. The molecule has 0 radical (unpaired) electrons. The molecule has 1 aromatic rings. The summed E-state index contributed by atoms with van der Waals surface area (Å²) in [5.41, 5.74) is 0.185. The zero-order valence-corrected chi connectivity index (χ0v) is 15.9. The van der Waals surface area contributed by atoms with E-state index in [2.05, 4.69) is 10.2 Å². The maximum atomic E-state index is 13.9. The summed E-state index contributed by atoms with van der Waals surface area (Å²) in [6.07, 6.45) is 3.42. The first-order valence-corrected chi connectivity index (χ1v) is 9.53. The fourth-order valence-corrected chi connectivity index (χ4v) is 4.86. The van der Waals surface area contributed by atoms with Gasteiger partial charge in [-0.25, -0.2) is 4.39 Å². The molecule has 3 aliphatic heterocycles. The van der Waals surface area contributed by atoms with Gasteiger partial charge in [-0.2, -0.15) is 0 Å². The lowest BCUT2D eigenvalue weighted by molar-refractivity contribution is -0.141. The van der Waals surface area contributed by atoms with Crippen molar-refractivity contribution in [3.05, 3.63) is 35.6 Å². The van der Waals surface area contributed by atoms with Crippen molar-refractivity contribution in [1.82, 2.24) is 10.2 Å². The number of likely N-dealkylation sites (tertiary alicyclic amines) is 1. The van der Waals surface area contributed by atoms with Gasteiger partial charge in [-0.3, -0.25) is 4.79 Å². The predicted octanol–water partition coefficient (Wildman–Crippen LogP) is 2.75. The molecule has 3 saturated heterocycles. The Morgan fingerprint density at radius 2 is 1.81 bits per heavy atom. The van der Waals surface area contributed by atoms with Crippen LogP contribution in [0.4, 0.5) is 4.39 Å². The van der Waals surface area contributed by atoms with Gasteiger partial charge >= 0.3 is 0 Å². The Labute approximate surface area is 160 Å².